The number of cyclic esters (lactones) is 1. The fraction of sp³-hybridized carbons (Fsp3) is 0.650. The topological polar surface area (TPSA) is 44.8 Å². The van der Waals surface area contributed by atoms with Gasteiger partial charge in [0.1, 0.15) is 6.10 Å². The molecule has 0 aliphatic carbocycles. The van der Waals surface area contributed by atoms with Gasteiger partial charge in [-0.05, 0) is 50.6 Å². The first-order valence-corrected chi connectivity index (χ1v) is 10.2. The van der Waals surface area contributed by atoms with E-state index in [1.807, 2.05) is 18.2 Å². The van der Waals surface area contributed by atoms with Gasteiger partial charge in [-0.1, -0.05) is 17.7 Å². The number of esters is 1. The van der Waals surface area contributed by atoms with Crippen LogP contribution in [0.3, 0.4) is 0 Å². The molecule has 0 radical (unpaired) electrons. The lowest BCUT2D eigenvalue weighted by molar-refractivity contribution is -0.150. The van der Waals surface area contributed by atoms with Crippen LogP contribution in [0.1, 0.15) is 25.7 Å². The highest BCUT2D eigenvalue weighted by Gasteiger charge is 2.49. The molecule has 0 aromatic heterocycles. The van der Waals surface area contributed by atoms with Gasteiger partial charge in [-0.25, -0.2) is 0 Å². The van der Waals surface area contributed by atoms with Gasteiger partial charge in [0.05, 0.1) is 5.41 Å². The van der Waals surface area contributed by atoms with Crippen LogP contribution in [-0.4, -0.2) is 62.8 Å². The Kier molecular flexibility index (Phi) is 5.39. The van der Waals surface area contributed by atoms with Crippen molar-refractivity contribution in [3.8, 4) is 0 Å². The van der Waals surface area contributed by atoms with Gasteiger partial charge in [-0.2, -0.15) is 0 Å². The molecule has 6 heteroatoms. The highest BCUT2D eigenvalue weighted by molar-refractivity contribution is 6.30. The van der Waals surface area contributed by atoms with E-state index >= 15 is 0 Å². The highest BCUT2D eigenvalue weighted by Crippen LogP contribution is 2.42. The van der Waals surface area contributed by atoms with Gasteiger partial charge >= 0.3 is 5.97 Å². The molecule has 3 saturated heterocycles. The van der Waals surface area contributed by atoms with Crippen molar-refractivity contribution in [1.29, 1.82) is 0 Å². The number of nitrogens with one attached hydrogen (secondary N) is 1. The highest BCUT2D eigenvalue weighted by atomic mass is 35.5. The molecule has 1 N–H and O–H groups in total. The van der Waals surface area contributed by atoms with E-state index in [-0.39, 0.29) is 17.5 Å². The minimum atomic E-state index is -0.193. The van der Waals surface area contributed by atoms with Gasteiger partial charge in [0.15, 0.2) is 0 Å². The van der Waals surface area contributed by atoms with Gasteiger partial charge in [-0.15, -0.1) is 0 Å². The van der Waals surface area contributed by atoms with Crippen LogP contribution in [0.25, 0.3) is 0 Å². The Morgan fingerprint density at radius 2 is 1.96 bits per heavy atom. The summed E-state index contributed by atoms with van der Waals surface area (Å²) < 4.78 is 5.73. The first-order valence-electron chi connectivity index (χ1n) is 9.79. The predicted octanol–water partition coefficient (Wildman–Crippen LogP) is 2.54. The largest absolute Gasteiger partial charge is 0.462 e. The number of piperazine rings is 1. The van der Waals surface area contributed by atoms with Gasteiger partial charge in [-0.3, -0.25) is 9.69 Å². The number of rotatable bonds is 4. The molecule has 0 unspecified atom stereocenters. The molecule has 5 nitrogen and oxygen atoms in total. The van der Waals surface area contributed by atoms with E-state index in [0.29, 0.717) is 0 Å². The second-order valence-corrected chi connectivity index (χ2v) is 8.30. The van der Waals surface area contributed by atoms with Gasteiger partial charge in [0.2, 0.25) is 0 Å². The Balaban J connectivity index is 1.24. The lowest BCUT2D eigenvalue weighted by Crippen LogP contribution is -2.47. The van der Waals surface area contributed by atoms with Crippen LogP contribution in [0.5, 0.6) is 0 Å². The first kappa shape index (κ1) is 18.1. The van der Waals surface area contributed by atoms with E-state index in [0.717, 1.165) is 76.5 Å². The fourth-order valence-electron chi connectivity index (χ4n) is 4.54. The molecule has 26 heavy (non-hydrogen) atoms. The maximum Gasteiger partial charge on any atom is 0.312 e. The molecule has 1 atom stereocenters. The lowest BCUT2D eigenvalue weighted by atomic mass is 9.76. The molecule has 1 spiro atoms. The van der Waals surface area contributed by atoms with Crippen molar-refractivity contribution < 1.29 is 9.53 Å². The van der Waals surface area contributed by atoms with Crippen LogP contribution in [0, 0.1) is 5.41 Å². The number of carbonyl (C=O) groups is 1. The SMILES string of the molecule is O=C1O[C@H](CCN2CCN(c3cccc(Cl)c3)CC2)CC12CCNCC2. The van der Waals surface area contributed by atoms with Gasteiger partial charge in [0, 0.05) is 49.9 Å². The molecule has 142 valence electrons. The van der Waals surface area contributed by atoms with Crippen LogP contribution >= 0.6 is 11.6 Å². The van der Waals surface area contributed by atoms with E-state index in [1.165, 1.54) is 5.69 Å². The minimum Gasteiger partial charge on any atom is -0.462 e. The second kappa shape index (κ2) is 7.75. The second-order valence-electron chi connectivity index (χ2n) is 7.86. The average molecular weight is 378 g/mol. The zero-order chi connectivity index (χ0) is 18.0. The van der Waals surface area contributed by atoms with E-state index in [2.05, 4.69) is 21.2 Å². The smallest absolute Gasteiger partial charge is 0.312 e. The van der Waals surface area contributed by atoms with Crippen molar-refractivity contribution in [1.82, 2.24) is 10.2 Å². The molecule has 4 rings (SSSR count). The Labute approximate surface area is 160 Å². The van der Waals surface area contributed by atoms with Crippen molar-refractivity contribution in [2.45, 2.75) is 31.8 Å². The normalized spacial score (nSPS) is 26.3. The molecule has 3 heterocycles. The van der Waals surface area contributed by atoms with Gasteiger partial charge < -0.3 is 15.0 Å². The van der Waals surface area contributed by atoms with E-state index < -0.39 is 0 Å². The number of hydrogen-bond acceptors (Lipinski definition) is 5. The number of halogens is 1. The monoisotopic (exact) mass is 377 g/mol. The molecule has 1 aromatic carbocycles. The third-order valence-electron chi connectivity index (χ3n) is 6.20. The summed E-state index contributed by atoms with van der Waals surface area (Å²) in [5.41, 5.74) is 1.01. The summed E-state index contributed by atoms with van der Waals surface area (Å²) in [4.78, 5) is 17.2. The van der Waals surface area contributed by atoms with Crippen LogP contribution in [-0.2, 0) is 9.53 Å². The number of benzene rings is 1. The number of hydrogen-bond donors (Lipinski definition) is 1. The molecule has 0 amide bonds. The molecule has 3 fully saturated rings. The molecule has 1 aromatic rings. The van der Waals surface area contributed by atoms with E-state index in [9.17, 15) is 4.79 Å². The molecule has 0 saturated carbocycles. The number of piperidine rings is 1. The molecule has 3 aliphatic heterocycles. The fourth-order valence-corrected chi connectivity index (χ4v) is 4.73. The molecular weight excluding hydrogens is 350 g/mol. The Morgan fingerprint density at radius 1 is 1.19 bits per heavy atom. The summed E-state index contributed by atoms with van der Waals surface area (Å²) in [7, 11) is 0. The summed E-state index contributed by atoms with van der Waals surface area (Å²) in [6.07, 6.45) is 3.83. The number of ether oxygens (including phenoxy) is 1. The van der Waals surface area contributed by atoms with Gasteiger partial charge in [0.25, 0.3) is 0 Å². The Bertz CT molecular complexity index is 640. The van der Waals surface area contributed by atoms with Crippen molar-refractivity contribution >= 4 is 23.3 Å². The van der Waals surface area contributed by atoms with Crippen molar-refractivity contribution in [3.05, 3.63) is 29.3 Å². The summed E-state index contributed by atoms with van der Waals surface area (Å²) >= 11 is 6.11. The molecule has 0 bridgehead atoms. The minimum absolute atomic E-state index is 0.0507. The van der Waals surface area contributed by atoms with Crippen molar-refractivity contribution in [2.24, 2.45) is 5.41 Å². The van der Waals surface area contributed by atoms with Crippen LogP contribution in [0.15, 0.2) is 24.3 Å². The third kappa shape index (κ3) is 3.85. The van der Waals surface area contributed by atoms with Crippen molar-refractivity contribution in [2.75, 3.05) is 50.7 Å². The Morgan fingerprint density at radius 3 is 2.69 bits per heavy atom. The third-order valence-corrected chi connectivity index (χ3v) is 6.43. The van der Waals surface area contributed by atoms with Crippen LogP contribution < -0.4 is 10.2 Å². The van der Waals surface area contributed by atoms with Crippen LogP contribution in [0.2, 0.25) is 5.02 Å². The maximum atomic E-state index is 12.4. The number of carbonyl (C=O) groups excluding carboxylic acids is 1. The van der Waals surface area contributed by atoms with E-state index in [4.69, 9.17) is 16.3 Å². The summed E-state index contributed by atoms with van der Waals surface area (Å²) in [6.45, 7) is 7.00. The lowest BCUT2D eigenvalue weighted by Gasteiger charge is -2.36. The number of nitrogens with zero attached hydrogens (tertiary/aromatic N) is 2. The summed E-state index contributed by atoms with van der Waals surface area (Å²) in [6, 6.07) is 8.08. The Hall–Kier alpha value is -1.30. The standard InChI is InChI=1S/C20H28ClN3O2/c21-16-2-1-3-17(14-16)24-12-10-23(11-13-24)9-4-18-15-20(19(25)26-18)5-7-22-8-6-20/h1-3,14,18,22H,4-13,15H2/t18-/m1/s1. The summed E-state index contributed by atoms with van der Waals surface area (Å²) in [5, 5.41) is 4.14. The maximum absolute atomic E-state index is 12.4. The van der Waals surface area contributed by atoms with E-state index in [1.54, 1.807) is 0 Å². The van der Waals surface area contributed by atoms with Crippen molar-refractivity contribution in [3.63, 3.8) is 0 Å². The molecule has 3 aliphatic rings. The zero-order valence-corrected chi connectivity index (χ0v) is 16.0. The average Bonchev–Trinajstić information content (AvgIpc) is 2.96. The number of anilines is 1. The van der Waals surface area contributed by atoms with Crippen LogP contribution in [0.4, 0.5) is 5.69 Å². The first-order chi connectivity index (χ1) is 12.6. The molecular formula is C20H28ClN3O2. The predicted molar refractivity (Wildman–Crippen MR) is 104 cm³/mol. The summed E-state index contributed by atoms with van der Waals surface area (Å²) in [5.74, 6) is 0.0507. The zero-order valence-electron chi connectivity index (χ0n) is 15.3. The quantitative estimate of drug-likeness (QED) is 0.817.